The molecule has 0 amide bonds. The van der Waals surface area contributed by atoms with Crippen molar-refractivity contribution >= 4 is 28.4 Å². The van der Waals surface area contributed by atoms with Gasteiger partial charge in [-0.25, -0.2) is 4.98 Å². The van der Waals surface area contributed by atoms with E-state index in [0.717, 1.165) is 34.7 Å². The largest absolute Gasteiger partial charge is 0.382 e. The van der Waals surface area contributed by atoms with Gasteiger partial charge in [-0.3, -0.25) is 0 Å². The Morgan fingerprint density at radius 1 is 1.32 bits per heavy atom. The Labute approximate surface area is 135 Å². The highest BCUT2D eigenvalue weighted by Crippen LogP contribution is 2.31. The molecule has 1 saturated heterocycles. The molecule has 0 radical (unpaired) electrons. The summed E-state index contributed by atoms with van der Waals surface area (Å²) in [6.45, 7) is 4.27. The van der Waals surface area contributed by atoms with Gasteiger partial charge in [0.05, 0.1) is 11.2 Å². The SMILES string of the molecule is CSc1nc2ccccc2c(NCCN2CCCC2)c1C#N. The van der Waals surface area contributed by atoms with Crippen LogP contribution in [-0.2, 0) is 0 Å². The van der Waals surface area contributed by atoms with Crippen LogP contribution in [0.25, 0.3) is 10.9 Å². The summed E-state index contributed by atoms with van der Waals surface area (Å²) in [5, 5.41) is 14.9. The summed E-state index contributed by atoms with van der Waals surface area (Å²) >= 11 is 1.52. The van der Waals surface area contributed by atoms with Gasteiger partial charge >= 0.3 is 0 Å². The first-order chi connectivity index (χ1) is 10.8. The number of pyridine rings is 1. The third kappa shape index (κ3) is 3.03. The Bertz CT molecular complexity index is 702. The zero-order valence-corrected chi connectivity index (χ0v) is 13.6. The molecule has 0 atom stereocenters. The van der Waals surface area contributed by atoms with Gasteiger partial charge in [-0.2, -0.15) is 5.26 Å². The van der Waals surface area contributed by atoms with Crippen LogP contribution in [0.1, 0.15) is 18.4 Å². The van der Waals surface area contributed by atoms with E-state index in [0.29, 0.717) is 5.56 Å². The summed E-state index contributed by atoms with van der Waals surface area (Å²) in [6, 6.07) is 10.3. The second-order valence-electron chi connectivity index (χ2n) is 5.48. The number of para-hydroxylation sites is 1. The first-order valence-electron chi connectivity index (χ1n) is 7.66. The van der Waals surface area contributed by atoms with E-state index >= 15 is 0 Å². The van der Waals surface area contributed by atoms with E-state index < -0.39 is 0 Å². The van der Waals surface area contributed by atoms with Crippen LogP contribution in [0.5, 0.6) is 0 Å². The molecule has 0 aliphatic carbocycles. The number of hydrogen-bond donors (Lipinski definition) is 1. The van der Waals surface area contributed by atoms with Crippen molar-refractivity contribution in [1.29, 1.82) is 5.26 Å². The van der Waals surface area contributed by atoms with E-state index in [1.807, 2.05) is 30.5 Å². The number of aromatic nitrogens is 1. The highest BCUT2D eigenvalue weighted by atomic mass is 32.2. The summed E-state index contributed by atoms with van der Waals surface area (Å²) in [7, 11) is 0. The molecule has 2 heterocycles. The minimum atomic E-state index is 0.660. The topological polar surface area (TPSA) is 52.0 Å². The second kappa shape index (κ2) is 6.99. The van der Waals surface area contributed by atoms with Gasteiger partial charge in [0.1, 0.15) is 16.7 Å². The van der Waals surface area contributed by atoms with Gasteiger partial charge in [0.25, 0.3) is 0 Å². The number of nitrogens with one attached hydrogen (secondary N) is 1. The van der Waals surface area contributed by atoms with Crippen LogP contribution >= 0.6 is 11.8 Å². The molecule has 114 valence electrons. The number of likely N-dealkylation sites (tertiary alicyclic amines) is 1. The van der Waals surface area contributed by atoms with Crippen LogP contribution < -0.4 is 5.32 Å². The first-order valence-corrected chi connectivity index (χ1v) is 8.89. The Morgan fingerprint density at radius 3 is 2.82 bits per heavy atom. The summed E-state index contributed by atoms with van der Waals surface area (Å²) in [5.74, 6) is 0. The van der Waals surface area contributed by atoms with Crippen molar-refractivity contribution in [2.24, 2.45) is 0 Å². The average Bonchev–Trinajstić information content (AvgIpc) is 3.07. The molecule has 5 heteroatoms. The lowest BCUT2D eigenvalue weighted by Gasteiger charge is -2.17. The van der Waals surface area contributed by atoms with Crippen LogP contribution in [0, 0.1) is 11.3 Å². The normalized spacial score (nSPS) is 15.1. The first kappa shape index (κ1) is 15.1. The van der Waals surface area contributed by atoms with E-state index in [1.54, 1.807) is 0 Å². The summed E-state index contributed by atoms with van der Waals surface area (Å²) in [6.07, 6.45) is 4.57. The van der Waals surface area contributed by atoms with Crippen molar-refractivity contribution in [2.45, 2.75) is 17.9 Å². The molecule has 22 heavy (non-hydrogen) atoms. The van der Waals surface area contributed by atoms with Crippen molar-refractivity contribution in [3.63, 3.8) is 0 Å². The Morgan fingerprint density at radius 2 is 2.09 bits per heavy atom. The Balaban J connectivity index is 1.89. The molecule has 0 bridgehead atoms. The number of rotatable bonds is 5. The monoisotopic (exact) mass is 312 g/mol. The fourth-order valence-corrected chi connectivity index (χ4v) is 3.51. The van der Waals surface area contributed by atoms with Crippen LogP contribution in [0.2, 0.25) is 0 Å². The van der Waals surface area contributed by atoms with Crippen LogP contribution in [0.3, 0.4) is 0 Å². The smallest absolute Gasteiger partial charge is 0.116 e. The molecule has 2 aromatic rings. The maximum Gasteiger partial charge on any atom is 0.116 e. The minimum Gasteiger partial charge on any atom is -0.382 e. The number of nitriles is 1. The quantitative estimate of drug-likeness (QED) is 0.858. The van der Waals surface area contributed by atoms with Crippen molar-refractivity contribution in [3.05, 3.63) is 29.8 Å². The molecule has 1 aromatic carbocycles. The van der Waals surface area contributed by atoms with Crippen LogP contribution in [0.15, 0.2) is 29.3 Å². The van der Waals surface area contributed by atoms with E-state index in [1.165, 1.54) is 37.7 Å². The lowest BCUT2D eigenvalue weighted by Crippen LogP contribution is -2.26. The predicted octanol–water partition coefficient (Wildman–Crippen LogP) is 3.34. The van der Waals surface area contributed by atoms with Crippen LogP contribution in [0.4, 0.5) is 5.69 Å². The van der Waals surface area contributed by atoms with Crippen LogP contribution in [-0.4, -0.2) is 42.3 Å². The molecule has 0 spiro atoms. The average molecular weight is 312 g/mol. The van der Waals surface area contributed by atoms with Gasteiger partial charge in [0.2, 0.25) is 0 Å². The molecule has 3 rings (SSSR count). The number of fused-ring (bicyclic) bond motifs is 1. The summed E-state index contributed by atoms with van der Waals surface area (Å²) in [4.78, 5) is 7.07. The fraction of sp³-hybridized carbons (Fsp3) is 0.412. The standard InChI is InChI=1S/C17H20N4S/c1-22-17-14(12-18)16(13-6-2-3-7-15(13)20-17)19-8-11-21-9-4-5-10-21/h2-3,6-7H,4-5,8-11H2,1H3,(H,19,20). The predicted molar refractivity (Wildman–Crippen MR) is 92.4 cm³/mol. The van der Waals surface area contributed by atoms with Crippen molar-refractivity contribution in [2.75, 3.05) is 37.8 Å². The van der Waals surface area contributed by atoms with Gasteiger partial charge in [0.15, 0.2) is 0 Å². The number of benzene rings is 1. The third-order valence-corrected chi connectivity index (χ3v) is 4.78. The maximum atomic E-state index is 9.55. The third-order valence-electron chi connectivity index (χ3n) is 4.09. The van der Waals surface area contributed by atoms with E-state index in [4.69, 9.17) is 0 Å². The Hall–Kier alpha value is -1.77. The van der Waals surface area contributed by atoms with Gasteiger partial charge in [-0.05, 0) is 38.3 Å². The zero-order chi connectivity index (χ0) is 15.4. The molecule has 0 unspecified atom stereocenters. The van der Waals surface area contributed by atoms with Gasteiger partial charge in [-0.1, -0.05) is 18.2 Å². The fourth-order valence-electron chi connectivity index (χ4n) is 2.97. The molecular weight excluding hydrogens is 292 g/mol. The molecule has 1 aliphatic heterocycles. The molecule has 0 saturated carbocycles. The molecule has 1 aliphatic rings. The van der Waals surface area contributed by atoms with Crippen molar-refractivity contribution in [1.82, 2.24) is 9.88 Å². The summed E-state index contributed by atoms with van der Waals surface area (Å²) < 4.78 is 0. The Kier molecular flexibility index (Phi) is 4.81. The highest BCUT2D eigenvalue weighted by Gasteiger charge is 2.15. The molecule has 4 nitrogen and oxygen atoms in total. The highest BCUT2D eigenvalue weighted by molar-refractivity contribution is 7.98. The van der Waals surface area contributed by atoms with Gasteiger partial charge < -0.3 is 10.2 Å². The minimum absolute atomic E-state index is 0.660. The number of hydrogen-bond acceptors (Lipinski definition) is 5. The van der Waals surface area contributed by atoms with Gasteiger partial charge in [-0.15, -0.1) is 11.8 Å². The van der Waals surface area contributed by atoms with E-state index in [-0.39, 0.29) is 0 Å². The lowest BCUT2D eigenvalue weighted by molar-refractivity contribution is 0.353. The molecule has 1 fully saturated rings. The van der Waals surface area contributed by atoms with Gasteiger partial charge in [0, 0.05) is 18.5 Å². The maximum absolute atomic E-state index is 9.55. The number of thioether (sulfide) groups is 1. The zero-order valence-electron chi connectivity index (χ0n) is 12.8. The van der Waals surface area contributed by atoms with E-state index in [2.05, 4.69) is 21.3 Å². The molecule has 1 aromatic heterocycles. The van der Waals surface area contributed by atoms with E-state index in [9.17, 15) is 5.26 Å². The van der Waals surface area contributed by atoms with Crippen molar-refractivity contribution < 1.29 is 0 Å². The summed E-state index contributed by atoms with van der Waals surface area (Å²) in [5.41, 5.74) is 2.53. The molecular formula is C17H20N4S. The molecule has 1 N–H and O–H groups in total. The van der Waals surface area contributed by atoms with Crippen molar-refractivity contribution in [3.8, 4) is 6.07 Å². The second-order valence-corrected chi connectivity index (χ2v) is 6.27. The number of nitrogens with zero attached hydrogens (tertiary/aromatic N) is 3. The number of anilines is 1. The lowest BCUT2D eigenvalue weighted by atomic mass is 10.1.